The molecule has 0 aromatic rings. The predicted molar refractivity (Wildman–Crippen MR) is 46.6 cm³/mol. The maximum Gasteiger partial charge on any atom is 0.304 e. The van der Waals surface area contributed by atoms with Crippen LogP contribution in [0.25, 0.3) is 0 Å². The molecule has 0 amide bonds. The average molecular weight is 166 g/mol. The van der Waals surface area contributed by atoms with Crippen molar-refractivity contribution >= 4 is 5.97 Å². The lowest BCUT2D eigenvalue weighted by molar-refractivity contribution is -0.139. The summed E-state index contributed by atoms with van der Waals surface area (Å²) in [5.41, 5.74) is -0.329. The zero-order chi connectivity index (χ0) is 9.03. The highest BCUT2D eigenvalue weighted by molar-refractivity contribution is 5.68. The predicted octanol–water partition coefficient (Wildman–Crippen LogP) is 2.04. The Hall–Kier alpha value is -0.970. The topological polar surface area (TPSA) is 37.3 Å². The van der Waals surface area contributed by atoms with Gasteiger partial charge in [0, 0.05) is 5.41 Å². The Morgan fingerprint density at radius 1 is 1.42 bits per heavy atom. The summed E-state index contributed by atoms with van der Waals surface area (Å²) in [6.07, 6.45) is 10.6. The van der Waals surface area contributed by atoms with E-state index in [1.807, 2.05) is 0 Å². The van der Waals surface area contributed by atoms with Crippen LogP contribution in [0.5, 0.6) is 0 Å². The van der Waals surface area contributed by atoms with Gasteiger partial charge in [0.1, 0.15) is 0 Å². The second-order valence-corrected chi connectivity index (χ2v) is 3.56. The van der Waals surface area contributed by atoms with Crippen molar-refractivity contribution in [1.82, 2.24) is 0 Å². The van der Waals surface area contributed by atoms with Crippen LogP contribution >= 0.6 is 0 Å². The minimum absolute atomic E-state index is 0.142. The Balaban J connectivity index is 2.61. The molecule has 0 spiro atoms. The first-order valence-corrected chi connectivity index (χ1v) is 4.38. The number of aliphatic carboxylic acids is 1. The van der Waals surface area contributed by atoms with Gasteiger partial charge in [-0.3, -0.25) is 4.79 Å². The van der Waals surface area contributed by atoms with Gasteiger partial charge in [0.05, 0.1) is 6.42 Å². The highest BCUT2D eigenvalue weighted by Gasteiger charge is 2.32. The van der Waals surface area contributed by atoms with Crippen LogP contribution in [0.15, 0.2) is 0 Å². The van der Waals surface area contributed by atoms with Crippen LogP contribution in [-0.4, -0.2) is 11.1 Å². The van der Waals surface area contributed by atoms with Gasteiger partial charge in [-0.05, 0) is 12.8 Å². The molecule has 1 N–H and O–H groups in total. The van der Waals surface area contributed by atoms with Gasteiger partial charge in [-0.2, -0.15) is 0 Å². The van der Waals surface area contributed by atoms with E-state index in [4.69, 9.17) is 11.5 Å². The van der Waals surface area contributed by atoms with Crippen LogP contribution in [0, 0.1) is 17.8 Å². The first-order chi connectivity index (χ1) is 5.68. The third kappa shape index (κ3) is 2.01. The molecular formula is C10H14O2. The van der Waals surface area contributed by atoms with Crippen molar-refractivity contribution in [2.24, 2.45) is 5.41 Å². The molecule has 1 fully saturated rings. The average Bonchev–Trinajstić information content (AvgIpc) is 2.05. The van der Waals surface area contributed by atoms with E-state index in [0.717, 1.165) is 25.7 Å². The summed E-state index contributed by atoms with van der Waals surface area (Å²) >= 11 is 0. The second kappa shape index (κ2) is 3.62. The third-order valence-corrected chi connectivity index (χ3v) is 2.61. The van der Waals surface area contributed by atoms with Crippen molar-refractivity contribution in [3.63, 3.8) is 0 Å². The molecule has 0 heterocycles. The zero-order valence-electron chi connectivity index (χ0n) is 7.18. The quantitative estimate of drug-likeness (QED) is 0.637. The lowest BCUT2D eigenvalue weighted by Gasteiger charge is -2.30. The van der Waals surface area contributed by atoms with Crippen LogP contribution in [0.1, 0.15) is 38.5 Å². The SMILES string of the molecule is C#CC1(CC(=O)O)CCCCC1. The van der Waals surface area contributed by atoms with Gasteiger partial charge in [0.15, 0.2) is 0 Å². The Kier molecular flexibility index (Phi) is 2.75. The summed E-state index contributed by atoms with van der Waals surface area (Å²) < 4.78 is 0. The minimum Gasteiger partial charge on any atom is -0.481 e. The van der Waals surface area contributed by atoms with Crippen LogP contribution < -0.4 is 0 Å². The van der Waals surface area contributed by atoms with Gasteiger partial charge in [-0.25, -0.2) is 0 Å². The molecule has 0 aliphatic heterocycles. The molecule has 12 heavy (non-hydrogen) atoms. The second-order valence-electron chi connectivity index (χ2n) is 3.56. The summed E-state index contributed by atoms with van der Waals surface area (Å²) in [5, 5.41) is 8.67. The van der Waals surface area contributed by atoms with E-state index in [1.54, 1.807) is 0 Å². The molecule has 1 rings (SSSR count). The summed E-state index contributed by atoms with van der Waals surface area (Å²) in [7, 11) is 0. The van der Waals surface area contributed by atoms with Crippen molar-refractivity contribution in [2.75, 3.05) is 0 Å². The highest BCUT2D eigenvalue weighted by Crippen LogP contribution is 2.38. The van der Waals surface area contributed by atoms with E-state index in [1.165, 1.54) is 6.42 Å². The van der Waals surface area contributed by atoms with Gasteiger partial charge < -0.3 is 5.11 Å². The molecule has 0 bridgehead atoms. The first kappa shape index (κ1) is 9.12. The molecule has 2 nitrogen and oxygen atoms in total. The Labute approximate surface area is 73.0 Å². The van der Waals surface area contributed by atoms with Gasteiger partial charge in [-0.15, -0.1) is 6.42 Å². The maximum absolute atomic E-state index is 10.5. The van der Waals surface area contributed by atoms with E-state index in [2.05, 4.69) is 5.92 Å². The summed E-state index contributed by atoms with van der Waals surface area (Å²) in [6, 6.07) is 0. The van der Waals surface area contributed by atoms with Crippen LogP contribution in [0.2, 0.25) is 0 Å². The van der Waals surface area contributed by atoms with Crippen molar-refractivity contribution in [1.29, 1.82) is 0 Å². The summed E-state index contributed by atoms with van der Waals surface area (Å²) in [5.74, 6) is 1.90. The fourth-order valence-corrected chi connectivity index (χ4v) is 1.89. The van der Waals surface area contributed by atoms with Crippen LogP contribution in [0.3, 0.4) is 0 Å². The number of hydrogen-bond donors (Lipinski definition) is 1. The number of carboxylic acid groups (broad SMARTS) is 1. The molecule has 1 aliphatic carbocycles. The van der Waals surface area contributed by atoms with Gasteiger partial charge >= 0.3 is 5.97 Å². The van der Waals surface area contributed by atoms with E-state index < -0.39 is 5.97 Å². The molecule has 0 unspecified atom stereocenters. The molecule has 0 saturated heterocycles. The lowest BCUT2D eigenvalue weighted by Crippen LogP contribution is -2.25. The fraction of sp³-hybridized carbons (Fsp3) is 0.700. The number of terminal acetylenes is 1. The zero-order valence-corrected chi connectivity index (χ0v) is 7.18. The van der Waals surface area contributed by atoms with Crippen LogP contribution in [-0.2, 0) is 4.79 Å². The van der Waals surface area contributed by atoms with Crippen molar-refractivity contribution < 1.29 is 9.90 Å². The van der Waals surface area contributed by atoms with Gasteiger partial charge in [0.25, 0.3) is 0 Å². The van der Waals surface area contributed by atoms with E-state index in [9.17, 15) is 4.79 Å². The number of rotatable bonds is 2. The summed E-state index contributed by atoms with van der Waals surface area (Å²) in [4.78, 5) is 10.5. The van der Waals surface area contributed by atoms with E-state index >= 15 is 0 Å². The fourth-order valence-electron chi connectivity index (χ4n) is 1.89. The third-order valence-electron chi connectivity index (χ3n) is 2.61. The van der Waals surface area contributed by atoms with Gasteiger partial charge in [-0.1, -0.05) is 25.2 Å². The Bertz CT molecular complexity index is 206. The standard InChI is InChI=1S/C10H14O2/c1-2-10(8-9(11)12)6-4-3-5-7-10/h1H,3-8H2,(H,11,12). The van der Waals surface area contributed by atoms with E-state index in [0.29, 0.717) is 0 Å². The molecule has 1 aliphatic rings. The van der Waals surface area contributed by atoms with Gasteiger partial charge in [0.2, 0.25) is 0 Å². The molecule has 0 radical (unpaired) electrons. The van der Waals surface area contributed by atoms with Crippen LogP contribution in [0.4, 0.5) is 0 Å². The molecule has 0 aromatic heterocycles. The first-order valence-electron chi connectivity index (χ1n) is 4.38. The van der Waals surface area contributed by atoms with Crippen molar-refractivity contribution in [3.05, 3.63) is 0 Å². The van der Waals surface area contributed by atoms with Crippen molar-refractivity contribution in [3.8, 4) is 12.3 Å². The van der Waals surface area contributed by atoms with E-state index in [-0.39, 0.29) is 11.8 Å². The molecule has 66 valence electrons. The Morgan fingerprint density at radius 2 is 2.00 bits per heavy atom. The minimum atomic E-state index is -0.769. The largest absolute Gasteiger partial charge is 0.481 e. The number of hydrogen-bond acceptors (Lipinski definition) is 1. The Morgan fingerprint density at radius 3 is 2.42 bits per heavy atom. The smallest absolute Gasteiger partial charge is 0.304 e. The van der Waals surface area contributed by atoms with Crippen molar-refractivity contribution in [2.45, 2.75) is 38.5 Å². The molecular weight excluding hydrogens is 152 g/mol. The lowest BCUT2D eigenvalue weighted by atomic mass is 9.72. The molecule has 0 aromatic carbocycles. The number of carbonyl (C=O) groups is 1. The highest BCUT2D eigenvalue weighted by atomic mass is 16.4. The molecule has 0 atom stereocenters. The molecule has 2 heteroatoms. The summed E-state index contributed by atoms with van der Waals surface area (Å²) in [6.45, 7) is 0. The maximum atomic E-state index is 10.5. The monoisotopic (exact) mass is 166 g/mol. The molecule has 1 saturated carbocycles. The number of carboxylic acids is 1. The normalized spacial score (nSPS) is 21.2.